The Hall–Kier alpha value is -4.61. The number of hydrogen-bond acceptors (Lipinski definition) is 7. The first-order chi connectivity index (χ1) is 27.1. The van der Waals surface area contributed by atoms with Gasteiger partial charge in [0.2, 0.25) is 5.91 Å². The van der Waals surface area contributed by atoms with Gasteiger partial charge in [0.1, 0.15) is 17.4 Å². The summed E-state index contributed by atoms with van der Waals surface area (Å²) in [4.78, 5) is 18.4. The minimum Gasteiger partial charge on any atom is -0.356 e. The Kier molecular flexibility index (Phi) is 12.5. The van der Waals surface area contributed by atoms with E-state index in [0.29, 0.717) is 6.54 Å². The van der Waals surface area contributed by atoms with Gasteiger partial charge in [0, 0.05) is 74.3 Å². The van der Waals surface area contributed by atoms with Crippen molar-refractivity contribution in [3.63, 3.8) is 0 Å². The van der Waals surface area contributed by atoms with Crippen LogP contribution in [0, 0.1) is 27.7 Å². The Morgan fingerprint density at radius 2 is 1.62 bits per heavy atom. The lowest BCUT2D eigenvalue weighted by Gasteiger charge is -2.09. The molecule has 1 aliphatic heterocycles. The van der Waals surface area contributed by atoms with Crippen molar-refractivity contribution in [3.05, 3.63) is 121 Å². The fraction of sp³-hybridized carbons (Fsp3) is 0.333. The Morgan fingerprint density at radius 1 is 0.857 bits per heavy atom. The highest BCUT2D eigenvalue weighted by Gasteiger charge is 2.26. The molecule has 0 bridgehead atoms. The first kappa shape index (κ1) is 39.6. The van der Waals surface area contributed by atoms with E-state index in [-0.39, 0.29) is 5.91 Å². The number of carbonyl (C=O) groups is 1. The van der Waals surface area contributed by atoms with E-state index in [4.69, 9.17) is 16.6 Å². The van der Waals surface area contributed by atoms with Crippen molar-refractivity contribution in [2.24, 2.45) is 4.99 Å². The Labute approximate surface area is 342 Å². The summed E-state index contributed by atoms with van der Waals surface area (Å²) in [6, 6.07) is 24.0. The molecule has 0 unspecified atom stereocenters. The molecule has 4 aromatic heterocycles. The highest BCUT2D eigenvalue weighted by Crippen LogP contribution is 2.37. The van der Waals surface area contributed by atoms with Gasteiger partial charge in [0.05, 0.1) is 5.71 Å². The number of fused-ring (bicyclic) bond motifs is 6. The van der Waals surface area contributed by atoms with Gasteiger partial charge in [0.15, 0.2) is 5.82 Å². The van der Waals surface area contributed by atoms with E-state index in [1.165, 1.54) is 72.2 Å². The molecule has 0 spiro atoms. The summed E-state index contributed by atoms with van der Waals surface area (Å²) in [5.74, 6) is 1.85. The summed E-state index contributed by atoms with van der Waals surface area (Å²) in [6.45, 7) is 16.5. The van der Waals surface area contributed by atoms with Crippen molar-refractivity contribution in [1.29, 1.82) is 0 Å². The summed E-state index contributed by atoms with van der Waals surface area (Å²) in [5.41, 5.74) is 11.1. The molecule has 0 aliphatic carbocycles. The van der Waals surface area contributed by atoms with Gasteiger partial charge in [-0.3, -0.25) is 14.4 Å². The second-order valence-corrected chi connectivity index (χ2v) is 17.1. The summed E-state index contributed by atoms with van der Waals surface area (Å²) in [7, 11) is 0. The number of unbranched alkanes of at least 4 members (excludes halogenated alkanes) is 3. The van der Waals surface area contributed by atoms with Crippen molar-refractivity contribution in [2.75, 3.05) is 13.1 Å². The average Bonchev–Trinajstić information content (AvgIpc) is 3.92. The zero-order chi connectivity index (χ0) is 39.3. The fourth-order valence-corrected chi connectivity index (χ4v) is 9.70. The maximum atomic E-state index is 10.9. The van der Waals surface area contributed by atoms with Crippen molar-refractivity contribution < 1.29 is 4.79 Å². The zero-order valence-corrected chi connectivity index (χ0v) is 35.5. The molecule has 0 fully saturated rings. The third-order valence-corrected chi connectivity index (χ3v) is 13.0. The van der Waals surface area contributed by atoms with Crippen molar-refractivity contribution in [2.45, 2.75) is 86.9 Å². The number of amides is 1. The minimum absolute atomic E-state index is 0.0636. The van der Waals surface area contributed by atoms with Gasteiger partial charge in [-0.25, -0.2) is 0 Å². The van der Waals surface area contributed by atoms with Crippen LogP contribution < -0.4 is 10.6 Å². The molecule has 5 heterocycles. The Morgan fingerprint density at radius 3 is 2.36 bits per heavy atom. The number of nitrogens with zero attached hydrogens (tertiary/aromatic N) is 5. The smallest absolute Gasteiger partial charge is 0.216 e. The van der Waals surface area contributed by atoms with Crippen molar-refractivity contribution in [3.8, 4) is 15.4 Å². The highest BCUT2D eigenvalue weighted by atomic mass is 35.5. The summed E-state index contributed by atoms with van der Waals surface area (Å²) in [5, 5.41) is 21.8. The molecule has 1 aliphatic rings. The summed E-state index contributed by atoms with van der Waals surface area (Å²) < 4.78 is 4.57. The molecule has 0 atom stereocenters. The molecule has 3 aromatic carbocycles. The molecule has 7 aromatic rings. The zero-order valence-electron chi connectivity index (χ0n) is 33.1. The van der Waals surface area contributed by atoms with Crippen LogP contribution in [0.25, 0.3) is 37.2 Å². The fourth-order valence-electron chi connectivity index (χ4n) is 7.45. The topological polar surface area (TPSA) is 89.1 Å². The first-order valence-electron chi connectivity index (χ1n) is 19.5. The molecule has 8 rings (SSSR count). The number of aromatic nitrogens is 4. The quantitative estimate of drug-likeness (QED) is 0.120. The maximum Gasteiger partial charge on any atom is 0.216 e. The lowest BCUT2D eigenvalue weighted by atomic mass is 10.00. The van der Waals surface area contributed by atoms with Crippen LogP contribution in [0.4, 0.5) is 0 Å². The molecule has 11 heteroatoms. The van der Waals surface area contributed by atoms with E-state index in [2.05, 4.69) is 106 Å². The van der Waals surface area contributed by atoms with E-state index < -0.39 is 0 Å². The molecule has 0 saturated carbocycles. The van der Waals surface area contributed by atoms with Crippen molar-refractivity contribution >= 4 is 67.7 Å². The number of aliphatic imine (C=N–C) groups is 1. The van der Waals surface area contributed by atoms with Gasteiger partial charge >= 0.3 is 0 Å². The number of carbonyl (C=O) groups excluding carboxylic acids is 1. The molecule has 2 N–H and O–H groups in total. The van der Waals surface area contributed by atoms with Crippen LogP contribution in [-0.4, -0.2) is 44.0 Å². The Bertz CT molecular complexity index is 2520. The lowest BCUT2D eigenvalue weighted by Crippen LogP contribution is -2.20. The van der Waals surface area contributed by atoms with E-state index in [1.807, 2.05) is 42.5 Å². The van der Waals surface area contributed by atoms with E-state index in [1.54, 1.807) is 18.3 Å². The van der Waals surface area contributed by atoms with Crippen LogP contribution in [-0.2, 0) is 24.4 Å². The van der Waals surface area contributed by atoms with Gasteiger partial charge in [-0.2, -0.15) is 0 Å². The second kappa shape index (κ2) is 17.7. The van der Waals surface area contributed by atoms with Gasteiger partial charge in [-0.15, -0.1) is 32.9 Å². The van der Waals surface area contributed by atoms with Crippen LogP contribution >= 0.6 is 34.3 Å². The number of thiophene rings is 2. The minimum atomic E-state index is 0.0636. The number of hydrogen-bond donors (Lipinski definition) is 2. The van der Waals surface area contributed by atoms with Gasteiger partial charge in [0.25, 0.3) is 0 Å². The van der Waals surface area contributed by atoms with E-state index in [0.717, 1.165) is 72.0 Å². The molecule has 0 saturated heterocycles. The normalized spacial score (nSPS) is 12.2. The molecule has 56 heavy (non-hydrogen) atoms. The number of halogens is 1. The largest absolute Gasteiger partial charge is 0.356 e. The predicted octanol–water partition coefficient (Wildman–Crippen LogP) is 10.9. The maximum absolute atomic E-state index is 10.9. The van der Waals surface area contributed by atoms with Gasteiger partial charge in [-0.05, 0) is 118 Å². The number of rotatable bonds is 12. The molecule has 8 nitrogen and oxygen atoms in total. The Balaban J connectivity index is 0.000000182. The molecule has 1 amide bonds. The summed E-state index contributed by atoms with van der Waals surface area (Å²) >= 11 is 9.62. The van der Waals surface area contributed by atoms with Gasteiger partial charge in [-0.1, -0.05) is 54.8 Å². The second-order valence-electron chi connectivity index (χ2n) is 14.5. The molecular formula is C45H50ClN7OS2. The van der Waals surface area contributed by atoms with E-state index in [9.17, 15) is 4.79 Å². The number of nitrogens with one attached hydrogen (secondary N) is 2. The van der Waals surface area contributed by atoms with Crippen LogP contribution in [0.15, 0.2) is 77.1 Å². The van der Waals surface area contributed by atoms with E-state index >= 15 is 0 Å². The van der Waals surface area contributed by atoms with Crippen molar-refractivity contribution in [1.82, 2.24) is 30.0 Å². The predicted molar refractivity (Wildman–Crippen MR) is 236 cm³/mol. The molecule has 0 radical (unpaired) electrons. The average molecular weight is 805 g/mol. The SMILES string of the molecule is CCn1c2ccc(CNCCCCCCNC(C)=O)cc2c2ccc(-c3cc(C)cs3)cc21.Cc1sc2c(c1C)C(c1ccc(Cl)cc1)=NCc1nnc(C)n1-2. The molecular weight excluding hydrogens is 754 g/mol. The lowest BCUT2D eigenvalue weighted by molar-refractivity contribution is -0.118. The first-order valence-corrected chi connectivity index (χ1v) is 21.6. The number of aryl methyl sites for hydroxylation is 4. The third kappa shape index (κ3) is 8.54. The van der Waals surface area contributed by atoms with Crippen LogP contribution in [0.2, 0.25) is 5.02 Å². The standard InChI is InChI=1S/C28H35N3OS.C17H15ClN4S/c1-4-31-26-12-9-22(18-29-13-7-5-6-8-14-30-21(3)32)16-25(26)24-11-10-23(17-27(24)31)28-15-20(2)19-33-28;1-9-10(2)23-17-15(9)16(12-4-6-13(18)7-5-12)19-8-14-21-20-11(3)22(14)17/h9-12,15-17,19,29H,4-8,13-14,18H2,1-3H3,(H,30,32);4-7H,8H2,1-3H3. The summed E-state index contributed by atoms with van der Waals surface area (Å²) in [6.07, 6.45) is 4.59. The van der Waals surface area contributed by atoms with Crippen LogP contribution in [0.1, 0.15) is 83.9 Å². The van der Waals surface area contributed by atoms with Crippen LogP contribution in [0.3, 0.4) is 0 Å². The monoisotopic (exact) mass is 803 g/mol. The van der Waals surface area contributed by atoms with Gasteiger partial charge < -0.3 is 15.2 Å². The third-order valence-electron chi connectivity index (χ3n) is 10.4. The molecule has 290 valence electrons. The number of benzene rings is 3. The van der Waals surface area contributed by atoms with Crippen LogP contribution in [0.5, 0.6) is 0 Å². The highest BCUT2D eigenvalue weighted by molar-refractivity contribution is 7.15.